The average molecular weight is 312 g/mol. The molecule has 1 aromatic carbocycles. The molecule has 0 aromatic heterocycles. The first-order chi connectivity index (χ1) is 11.1. The zero-order valence-electron chi connectivity index (χ0n) is 14.0. The van der Waals surface area contributed by atoms with E-state index in [-0.39, 0.29) is 11.8 Å². The van der Waals surface area contributed by atoms with Gasteiger partial charge in [-0.15, -0.1) is 0 Å². The van der Waals surface area contributed by atoms with Crippen molar-refractivity contribution in [1.82, 2.24) is 5.32 Å². The maximum Gasteiger partial charge on any atom is 0.223 e. The number of nitrogens with two attached hydrogens (primary N) is 1. The van der Waals surface area contributed by atoms with Gasteiger partial charge in [0.2, 0.25) is 5.91 Å². The number of rotatable bonds is 3. The molecule has 3 fully saturated rings. The summed E-state index contributed by atoms with van der Waals surface area (Å²) in [5.41, 5.74) is 8.87. The predicted octanol–water partition coefficient (Wildman–Crippen LogP) is 3.12. The van der Waals surface area contributed by atoms with Gasteiger partial charge >= 0.3 is 0 Å². The van der Waals surface area contributed by atoms with Gasteiger partial charge in [-0.25, -0.2) is 0 Å². The van der Waals surface area contributed by atoms with Gasteiger partial charge in [-0.2, -0.15) is 0 Å². The highest BCUT2D eigenvalue weighted by Crippen LogP contribution is 2.49. The number of nitrogens with one attached hydrogen (secondary N) is 1. The molecule has 3 aliphatic rings. The second kappa shape index (κ2) is 5.94. The zero-order chi connectivity index (χ0) is 16.0. The molecule has 3 heteroatoms. The molecule has 0 spiro atoms. The van der Waals surface area contributed by atoms with Crippen LogP contribution in [0.3, 0.4) is 0 Å². The highest BCUT2D eigenvalue weighted by Gasteiger charge is 2.47. The monoisotopic (exact) mass is 312 g/mol. The van der Waals surface area contributed by atoms with Crippen molar-refractivity contribution in [3.8, 4) is 0 Å². The van der Waals surface area contributed by atoms with Gasteiger partial charge in [0, 0.05) is 18.0 Å². The van der Waals surface area contributed by atoms with Crippen LogP contribution in [-0.4, -0.2) is 18.0 Å². The van der Waals surface area contributed by atoms with Crippen LogP contribution >= 0.6 is 0 Å². The number of benzene rings is 1. The van der Waals surface area contributed by atoms with E-state index in [9.17, 15) is 4.79 Å². The standard InChI is InChI=1S/C20H28N2O/c1-12-5-2-3-8-16(12)17-11-18(17)20(23)22-19-13-6-4-7-14(19)10-15(21)9-13/h2-3,5,8,13-15,17-19H,4,6-7,9-11,21H2,1H3,(H,22,23). The lowest BCUT2D eigenvalue weighted by atomic mass is 9.67. The largest absolute Gasteiger partial charge is 0.353 e. The summed E-state index contributed by atoms with van der Waals surface area (Å²) >= 11 is 0. The molecule has 3 nitrogen and oxygen atoms in total. The van der Waals surface area contributed by atoms with Crippen LogP contribution in [0.25, 0.3) is 0 Å². The fourth-order valence-corrected chi connectivity index (χ4v) is 5.13. The Bertz CT molecular complexity index is 585. The van der Waals surface area contributed by atoms with Crippen molar-refractivity contribution in [2.75, 3.05) is 0 Å². The van der Waals surface area contributed by atoms with E-state index in [0.29, 0.717) is 29.8 Å². The minimum atomic E-state index is 0.187. The van der Waals surface area contributed by atoms with Crippen LogP contribution in [0.2, 0.25) is 0 Å². The number of fused-ring (bicyclic) bond motifs is 2. The van der Waals surface area contributed by atoms with E-state index in [1.54, 1.807) is 0 Å². The molecular weight excluding hydrogens is 284 g/mol. The van der Waals surface area contributed by atoms with Crippen LogP contribution in [0.15, 0.2) is 24.3 Å². The van der Waals surface area contributed by atoms with Gasteiger partial charge in [-0.3, -0.25) is 4.79 Å². The fraction of sp³-hybridized carbons (Fsp3) is 0.650. The van der Waals surface area contributed by atoms with Crippen molar-refractivity contribution in [2.24, 2.45) is 23.5 Å². The van der Waals surface area contributed by atoms with E-state index in [1.165, 1.54) is 30.4 Å². The SMILES string of the molecule is Cc1ccccc1C1CC1C(=O)NC1C2CCCC1CC(N)C2. The lowest BCUT2D eigenvalue weighted by molar-refractivity contribution is -0.124. The summed E-state index contributed by atoms with van der Waals surface area (Å²) in [6, 6.07) is 9.22. The van der Waals surface area contributed by atoms with Gasteiger partial charge in [-0.1, -0.05) is 30.7 Å². The Labute approximate surface area is 139 Å². The third-order valence-corrected chi connectivity index (χ3v) is 6.40. The molecule has 1 amide bonds. The summed E-state index contributed by atoms with van der Waals surface area (Å²) in [7, 11) is 0. The van der Waals surface area contributed by atoms with E-state index in [4.69, 9.17) is 5.73 Å². The molecule has 4 atom stereocenters. The van der Waals surface area contributed by atoms with Crippen LogP contribution < -0.4 is 11.1 Å². The van der Waals surface area contributed by atoms with Crippen molar-refractivity contribution in [3.05, 3.63) is 35.4 Å². The summed E-state index contributed by atoms with van der Waals surface area (Å²) in [6.45, 7) is 2.15. The molecule has 124 valence electrons. The number of carbonyl (C=O) groups is 1. The maximum atomic E-state index is 12.7. The summed E-state index contributed by atoms with van der Waals surface area (Å²) in [6.07, 6.45) is 6.98. The predicted molar refractivity (Wildman–Crippen MR) is 92.0 cm³/mol. The summed E-state index contributed by atoms with van der Waals surface area (Å²) in [5.74, 6) is 2.12. The minimum absolute atomic E-state index is 0.187. The van der Waals surface area contributed by atoms with Gasteiger partial charge in [0.05, 0.1) is 0 Å². The van der Waals surface area contributed by atoms with E-state index < -0.39 is 0 Å². The van der Waals surface area contributed by atoms with E-state index in [0.717, 1.165) is 19.3 Å². The molecule has 23 heavy (non-hydrogen) atoms. The van der Waals surface area contributed by atoms with Crippen molar-refractivity contribution in [3.63, 3.8) is 0 Å². The number of amides is 1. The van der Waals surface area contributed by atoms with Crippen molar-refractivity contribution in [1.29, 1.82) is 0 Å². The summed E-state index contributed by atoms with van der Waals surface area (Å²) < 4.78 is 0. The lowest BCUT2D eigenvalue weighted by Gasteiger charge is -2.45. The Morgan fingerprint density at radius 1 is 1.13 bits per heavy atom. The smallest absolute Gasteiger partial charge is 0.223 e. The van der Waals surface area contributed by atoms with Crippen LogP contribution in [0, 0.1) is 24.7 Å². The average Bonchev–Trinajstić information content (AvgIpc) is 3.29. The molecular formula is C20H28N2O. The molecule has 3 N–H and O–H groups in total. The van der Waals surface area contributed by atoms with E-state index in [1.807, 2.05) is 0 Å². The molecule has 4 unspecified atom stereocenters. The van der Waals surface area contributed by atoms with Gasteiger partial charge in [0.25, 0.3) is 0 Å². The highest BCUT2D eigenvalue weighted by molar-refractivity contribution is 5.83. The second-order valence-electron chi connectivity index (χ2n) is 8.02. The number of carbonyl (C=O) groups excluding carboxylic acids is 1. The topological polar surface area (TPSA) is 55.1 Å². The van der Waals surface area contributed by atoms with Crippen molar-refractivity contribution < 1.29 is 4.79 Å². The molecule has 0 saturated heterocycles. The Kier molecular flexibility index (Phi) is 3.92. The van der Waals surface area contributed by atoms with Crippen LogP contribution in [0.1, 0.15) is 55.6 Å². The Balaban J connectivity index is 1.41. The van der Waals surface area contributed by atoms with Gasteiger partial charge < -0.3 is 11.1 Å². The number of hydrogen-bond acceptors (Lipinski definition) is 2. The lowest BCUT2D eigenvalue weighted by Crippen LogP contribution is -2.54. The maximum absolute atomic E-state index is 12.7. The molecule has 0 heterocycles. The Hall–Kier alpha value is -1.35. The van der Waals surface area contributed by atoms with Crippen LogP contribution in [0.5, 0.6) is 0 Å². The normalized spacial score (nSPS) is 38.9. The van der Waals surface area contributed by atoms with Gasteiger partial charge in [0.15, 0.2) is 0 Å². The molecule has 3 aliphatic carbocycles. The first kappa shape index (κ1) is 15.2. The Morgan fingerprint density at radius 3 is 2.52 bits per heavy atom. The fourth-order valence-electron chi connectivity index (χ4n) is 5.13. The zero-order valence-corrected chi connectivity index (χ0v) is 14.0. The highest BCUT2D eigenvalue weighted by atomic mass is 16.2. The third-order valence-electron chi connectivity index (χ3n) is 6.40. The number of aryl methyl sites for hydroxylation is 1. The minimum Gasteiger partial charge on any atom is -0.353 e. The van der Waals surface area contributed by atoms with Crippen LogP contribution in [-0.2, 0) is 4.79 Å². The molecule has 3 saturated carbocycles. The first-order valence-corrected chi connectivity index (χ1v) is 9.25. The quantitative estimate of drug-likeness (QED) is 0.901. The molecule has 4 rings (SSSR count). The molecule has 0 aliphatic heterocycles. The number of hydrogen-bond donors (Lipinski definition) is 2. The Morgan fingerprint density at radius 2 is 1.83 bits per heavy atom. The van der Waals surface area contributed by atoms with Crippen molar-refractivity contribution in [2.45, 2.75) is 63.5 Å². The molecule has 0 radical (unpaired) electrons. The van der Waals surface area contributed by atoms with Crippen LogP contribution in [0.4, 0.5) is 0 Å². The van der Waals surface area contributed by atoms with E-state index >= 15 is 0 Å². The van der Waals surface area contributed by atoms with Crippen molar-refractivity contribution >= 4 is 5.91 Å². The van der Waals surface area contributed by atoms with Gasteiger partial charge in [0.1, 0.15) is 0 Å². The molecule has 2 bridgehead atoms. The first-order valence-electron chi connectivity index (χ1n) is 9.25. The summed E-state index contributed by atoms with van der Waals surface area (Å²) in [5, 5.41) is 3.43. The third kappa shape index (κ3) is 2.91. The summed E-state index contributed by atoms with van der Waals surface area (Å²) in [4.78, 5) is 12.7. The second-order valence-corrected chi connectivity index (χ2v) is 8.02. The molecule has 1 aromatic rings. The van der Waals surface area contributed by atoms with Gasteiger partial charge in [-0.05, 0) is 67.9 Å². The van der Waals surface area contributed by atoms with E-state index in [2.05, 4.69) is 36.5 Å².